The molecule has 0 bridgehead atoms. The molecule has 0 aliphatic carbocycles. The predicted molar refractivity (Wildman–Crippen MR) is 128 cm³/mol. The summed E-state index contributed by atoms with van der Waals surface area (Å²) in [6, 6.07) is 13.3. The summed E-state index contributed by atoms with van der Waals surface area (Å²) in [6.45, 7) is 10.1. The van der Waals surface area contributed by atoms with E-state index in [9.17, 15) is 9.59 Å². The van der Waals surface area contributed by atoms with Crippen LogP contribution in [0.25, 0.3) is 0 Å². The maximum Gasteiger partial charge on any atom is 0.261 e. The van der Waals surface area contributed by atoms with Gasteiger partial charge in [0.2, 0.25) is 5.91 Å². The molecule has 0 fully saturated rings. The van der Waals surface area contributed by atoms with Gasteiger partial charge in [0.1, 0.15) is 11.8 Å². The van der Waals surface area contributed by atoms with E-state index in [1.54, 1.807) is 4.90 Å². The van der Waals surface area contributed by atoms with E-state index >= 15 is 0 Å². The van der Waals surface area contributed by atoms with Gasteiger partial charge in [-0.25, -0.2) is 0 Å². The number of hydrogen-bond donors (Lipinski definition) is 1. The Hall–Kier alpha value is -2.34. The number of rotatable bonds is 10. The summed E-state index contributed by atoms with van der Waals surface area (Å²) in [5.41, 5.74) is 3.28. The molecule has 31 heavy (non-hydrogen) atoms. The van der Waals surface area contributed by atoms with Crippen LogP contribution in [0, 0.1) is 6.92 Å². The molecule has 168 valence electrons. The molecule has 5 nitrogen and oxygen atoms in total. The molecule has 1 atom stereocenters. The van der Waals surface area contributed by atoms with E-state index in [2.05, 4.69) is 28.2 Å². The average Bonchev–Trinajstić information content (AvgIpc) is 2.71. The number of nitrogens with one attached hydrogen (secondary N) is 1. The largest absolute Gasteiger partial charge is 0.483 e. The third-order valence-corrected chi connectivity index (χ3v) is 5.63. The van der Waals surface area contributed by atoms with Gasteiger partial charge in [-0.2, -0.15) is 0 Å². The highest BCUT2D eigenvalue weighted by atomic mass is 79.9. The summed E-state index contributed by atoms with van der Waals surface area (Å²) >= 11 is 3.52. The first-order valence-corrected chi connectivity index (χ1v) is 11.6. The number of benzene rings is 2. The highest BCUT2D eigenvalue weighted by molar-refractivity contribution is 9.10. The first-order valence-electron chi connectivity index (χ1n) is 10.8. The summed E-state index contributed by atoms with van der Waals surface area (Å²) in [4.78, 5) is 27.7. The van der Waals surface area contributed by atoms with E-state index in [1.165, 1.54) is 5.56 Å². The van der Waals surface area contributed by atoms with Crippen molar-refractivity contribution in [1.82, 2.24) is 10.2 Å². The number of ether oxygens (including phenoxy) is 1. The monoisotopic (exact) mass is 488 g/mol. The van der Waals surface area contributed by atoms with Gasteiger partial charge in [-0.15, -0.1) is 0 Å². The van der Waals surface area contributed by atoms with Gasteiger partial charge in [0.05, 0.1) is 4.47 Å². The molecule has 2 amide bonds. The smallest absolute Gasteiger partial charge is 0.261 e. The lowest BCUT2D eigenvalue weighted by Gasteiger charge is -2.31. The predicted octanol–water partition coefficient (Wildman–Crippen LogP) is 5.03. The van der Waals surface area contributed by atoms with Crippen LogP contribution in [-0.2, 0) is 22.6 Å². The lowest BCUT2D eigenvalue weighted by Crippen LogP contribution is -2.51. The fraction of sp³-hybridized carbons (Fsp3) is 0.440. The fourth-order valence-corrected chi connectivity index (χ4v) is 3.95. The number of aryl methyl sites for hydroxylation is 2. The molecule has 2 aromatic carbocycles. The van der Waals surface area contributed by atoms with Crippen LogP contribution in [0.15, 0.2) is 46.9 Å². The van der Waals surface area contributed by atoms with Crippen molar-refractivity contribution in [2.75, 3.05) is 6.61 Å². The van der Waals surface area contributed by atoms with E-state index in [4.69, 9.17) is 4.74 Å². The number of halogens is 1. The van der Waals surface area contributed by atoms with Crippen molar-refractivity contribution in [1.29, 1.82) is 0 Å². The van der Waals surface area contributed by atoms with E-state index in [1.807, 2.05) is 70.2 Å². The molecule has 2 aromatic rings. The minimum atomic E-state index is -0.565. The SMILES string of the molecule is CCc1ccc(OCC(=O)N(Cc2cccc(C)c2)C(CC)C(=O)NC(C)C)c(Br)c1. The molecule has 0 heterocycles. The van der Waals surface area contributed by atoms with Crippen LogP contribution < -0.4 is 10.1 Å². The summed E-state index contributed by atoms with van der Waals surface area (Å²) in [7, 11) is 0. The average molecular weight is 489 g/mol. The maximum absolute atomic E-state index is 13.2. The molecule has 0 saturated heterocycles. The summed E-state index contributed by atoms with van der Waals surface area (Å²) in [5.74, 6) is 0.242. The maximum atomic E-state index is 13.2. The highest BCUT2D eigenvalue weighted by Gasteiger charge is 2.29. The van der Waals surface area contributed by atoms with Crippen LogP contribution in [0.2, 0.25) is 0 Å². The second kappa shape index (κ2) is 11.9. The molecular formula is C25H33BrN2O3. The minimum Gasteiger partial charge on any atom is -0.483 e. The van der Waals surface area contributed by atoms with Crippen LogP contribution in [0.1, 0.15) is 50.8 Å². The van der Waals surface area contributed by atoms with Crippen molar-refractivity contribution in [3.05, 3.63) is 63.6 Å². The van der Waals surface area contributed by atoms with Gasteiger partial charge in [-0.05, 0) is 72.8 Å². The van der Waals surface area contributed by atoms with Gasteiger partial charge in [-0.3, -0.25) is 9.59 Å². The molecule has 0 spiro atoms. The van der Waals surface area contributed by atoms with Crippen molar-refractivity contribution in [2.45, 2.75) is 66.1 Å². The molecule has 2 rings (SSSR count). The lowest BCUT2D eigenvalue weighted by atomic mass is 10.1. The van der Waals surface area contributed by atoms with Gasteiger partial charge in [0, 0.05) is 12.6 Å². The first-order chi connectivity index (χ1) is 14.7. The lowest BCUT2D eigenvalue weighted by molar-refractivity contribution is -0.143. The number of hydrogen-bond acceptors (Lipinski definition) is 3. The Morgan fingerprint density at radius 1 is 1.10 bits per heavy atom. The molecule has 1 unspecified atom stereocenters. The summed E-state index contributed by atoms with van der Waals surface area (Å²) in [6.07, 6.45) is 1.44. The molecule has 0 radical (unpaired) electrons. The number of carbonyl (C=O) groups excluding carboxylic acids is 2. The van der Waals surface area contributed by atoms with Gasteiger partial charge in [0.15, 0.2) is 6.61 Å². The fourth-order valence-electron chi connectivity index (χ4n) is 3.41. The van der Waals surface area contributed by atoms with E-state index < -0.39 is 6.04 Å². The molecule has 0 aliphatic rings. The first kappa shape index (κ1) is 24.9. The molecule has 0 aromatic heterocycles. The Kier molecular flexibility index (Phi) is 9.56. The number of nitrogens with zero attached hydrogens (tertiary/aromatic N) is 1. The standard InChI is InChI=1S/C25H33BrN2O3/c1-6-19-11-12-23(21(26)14-19)31-16-24(29)28(15-20-10-8-9-18(5)13-20)22(7-2)25(30)27-17(3)4/h8-14,17,22H,6-7,15-16H2,1-5H3,(H,27,30). The highest BCUT2D eigenvalue weighted by Crippen LogP contribution is 2.26. The Balaban J connectivity index is 2.23. The molecule has 0 saturated carbocycles. The Bertz CT molecular complexity index is 898. The third-order valence-electron chi connectivity index (χ3n) is 5.01. The van der Waals surface area contributed by atoms with E-state index in [-0.39, 0.29) is 24.5 Å². The summed E-state index contributed by atoms with van der Waals surface area (Å²) < 4.78 is 6.64. The van der Waals surface area contributed by atoms with Crippen LogP contribution in [0.4, 0.5) is 0 Å². The third kappa shape index (κ3) is 7.39. The Labute approximate surface area is 194 Å². The van der Waals surface area contributed by atoms with Crippen LogP contribution in [0.3, 0.4) is 0 Å². The van der Waals surface area contributed by atoms with E-state index in [0.717, 1.165) is 22.0 Å². The van der Waals surface area contributed by atoms with Gasteiger partial charge in [0.25, 0.3) is 5.91 Å². The van der Waals surface area contributed by atoms with Crippen LogP contribution in [-0.4, -0.2) is 35.4 Å². The van der Waals surface area contributed by atoms with Gasteiger partial charge in [-0.1, -0.05) is 49.7 Å². The van der Waals surface area contributed by atoms with Crippen LogP contribution in [0.5, 0.6) is 5.75 Å². The van der Waals surface area contributed by atoms with Crippen molar-refractivity contribution in [3.8, 4) is 5.75 Å². The summed E-state index contributed by atoms with van der Waals surface area (Å²) in [5, 5.41) is 2.94. The normalized spacial score (nSPS) is 11.8. The van der Waals surface area contributed by atoms with Crippen molar-refractivity contribution in [3.63, 3.8) is 0 Å². The van der Waals surface area contributed by atoms with Crippen LogP contribution >= 0.6 is 15.9 Å². The number of carbonyl (C=O) groups is 2. The zero-order valence-electron chi connectivity index (χ0n) is 19.1. The zero-order chi connectivity index (χ0) is 23.0. The minimum absolute atomic E-state index is 0.00163. The zero-order valence-corrected chi connectivity index (χ0v) is 20.7. The molecular weight excluding hydrogens is 456 g/mol. The van der Waals surface area contributed by atoms with Gasteiger partial charge < -0.3 is 15.0 Å². The molecule has 0 aliphatic heterocycles. The van der Waals surface area contributed by atoms with E-state index in [0.29, 0.717) is 18.7 Å². The second-order valence-electron chi connectivity index (χ2n) is 8.01. The molecule has 6 heteroatoms. The topological polar surface area (TPSA) is 58.6 Å². The van der Waals surface area contributed by atoms with Crippen molar-refractivity contribution >= 4 is 27.7 Å². The Morgan fingerprint density at radius 2 is 1.84 bits per heavy atom. The van der Waals surface area contributed by atoms with Gasteiger partial charge >= 0.3 is 0 Å². The molecule has 1 N–H and O–H groups in total. The second-order valence-corrected chi connectivity index (χ2v) is 8.86. The quantitative estimate of drug-likeness (QED) is 0.509. The number of amides is 2. The van der Waals surface area contributed by atoms with Crippen molar-refractivity contribution in [2.24, 2.45) is 0 Å². The Morgan fingerprint density at radius 3 is 2.42 bits per heavy atom. The van der Waals surface area contributed by atoms with Crippen molar-refractivity contribution < 1.29 is 14.3 Å².